The molecule has 0 unspecified atom stereocenters. The summed E-state index contributed by atoms with van der Waals surface area (Å²) in [5, 5.41) is 8.14. The third kappa shape index (κ3) is 3.84. The molecule has 4 rings (SSSR count). The summed E-state index contributed by atoms with van der Waals surface area (Å²) in [5.74, 6) is 0.282. The minimum Gasteiger partial charge on any atom is -0.441 e. The molecule has 1 aliphatic heterocycles. The smallest absolute Gasteiger partial charge is 0.264 e. The fourth-order valence-corrected chi connectivity index (χ4v) is 4.02. The maximum Gasteiger partial charge on any atom is 0.264 e. The molecule has 0 aliphatic carbocycles. The largest absolute Gasteiger partial charge is 0.441 e. The first kappa shape index (κ1) is 18.4. The first-order valence-electron chi connectivity index (χ1n) is 8.07. The predicted molar refractivity (Wildman–Crippen MR) is 107 cm³/mol. The quantitative estimate of drug-likeness (QED) is 0.634. The Kier molecular flexibility index (Phi) is 4.53. The second-order valence-corrected chi connectivity index (χ2v) is 8.58. The minimum absolute atomic E-state index is 0.0462. The average Bonchev–Trinajstić information content (AvgIpc) is 3.15. The lowest BCUT2D eigenvalue weighted by Gasteiger charge is -2.00. The zero-order valence-electron chi connectivity index (χ0n) is 14.5. The van der Waals surface area contributed by atoms with Crippen LogP contribution in [0.5, 0.6) is 0 Å². The van der Waals surface area contributed by atoms with Gasteiger partial charge in [0.2, 0.25) is 10.0 Å². The molecular weight excluding hydrogens is 400 g/mol. The molecule has 3 N–H and O–H groups in total. The van der Waals surface area contributed by atoms with E-state index in [-0.39, 0.29) is 10.8 Å². The van der Waals surface area contributed by atoms with Crippen molar-refractivity contribution in [3.8, 4) is 0 Å². The van der Waals surface area contributed by atoms with Crippen LogP contribution in [0, 0.1) is 6.92 Å². The summed E-state index contributed by atoms with van der Waals surface area (Å²) >= 11 is 1.16. The highest BCUT2D eigenvalue weighted by Gasteiger charge is 2.24. The number of aromatic nitrogens is 1. The molecule has 1 amide bonds. The third-order valence-electron chi connectivity index (χ3n) is 3.84. The van der Waals surface area contributed by atoms with Gasteiger partial charge in [0.1, 0.15) is 5.52 Å². The average molecular weight is 414 g/mol. The van der Waals surface area contributed by atoms with Crippen LogP contribution in [0.3, 0.4) is 0 Å². The van der Waals surface area contributed by atoms with E-state index in [9.17, 15) is 13.2 Å². The Labute approximate surface area is 164 Å². The Bertz CT molecular complexity index is 1280. The molecule has 1 saturated heterocycles. The summed E-state index contributed by atoms with van der Waals surface area (Å²) in [6.07, 6.45) is 1.72. The van der Waals surface area contributed by atoms with Crippen LogP contribution in [0.4, 0.5) is 5.69 Å². The zero-order chi connectivity index (χ0) is 19.9. The number of sulfonamides is 1. The van der Waals surface area contributed by atoms with Gasteiger partial charge in [0, 0.05) is 6.92 Å². The van der Waals surface area contributed by atoms with Crippen molar-refractivity contribution in [2.75, 3.05) is 0 Å². The highest BCUT2D eigenvalue weighted by atomic mass is 32.2. The molecule has 142 valence electrons. The summed E-state index contributed by atoms with van der Waals surface area (Å²) in [6.45, 7) is 1.77. The topological polar surface area (TPSA) is 128 Å². The molecule has 2 aromatic carbocycles. The van der Waals surface area contributed by atoms with Crippen molar-refractivity contribution in [2.24, 2.45) is 10.1 Å². The minimum atomic E-state index is -3.83. The molecule has 10 heteroatoms. The lowest BCUT2D eigenvalue weighted by atomic mass is 10.2. The van der Waals surface area contributed by atoms with Crippen LogP contribution in [0.25, 0.3) is 17.2 Å². The van der Waals surface area contributed by atoms with E-state index in [2.05, 4.69) is 15.3 Å². The molecule has 8 nitrogen and oxygen atoms in total. The molecule has 0 bridgehead atoms. The molecule has 1 fully saturated rings. The van der Waals surface area contributed by atoms with E-state index in [0.717, 1.165) is 22.8 Å². The number of rotatable bonds is 3. The number of amides is 1. The van der Waals surface area contributed by atoms with Gasteiger partial charge in [-0.2, -0.15) is 0 Å². The van der Waals surface area contributed by atoms with E-state index in [1.807, 2.05) is 12.1 Å². The predicted octanol–water partition coefficient (Wildman–Crippen LogP) is 2.68. The molecule has 0 radical (unpaired) electrons. The van der Waals surface area contributed by atoms with Crippen molar-refractivity contribution >= 4 is 55.7 Å². The number of primary sulfonamides is 1. The van der Waals surface area contributed by atoms with E-state index in [1.54, 1.807) is 25.1 Å². The molecule has 1 aromatic heterocycles. The van der Waals surface area contributed by atoms with E-state index in [1.165, 1.54) is 18.2 Å². The van der Waals surface area contributed by atoms with Crippen molar-refractivity contribution < 1.29 is 17.6 Å². The fourth-order valence-electron chi connectivity index (χ4n) is 2.63. The Morgan fingerprint density at radius 3 is 2.86 bits per heavy atom. The lowest BCUT2D eigenvalue weighted by Crippen LogP contribution is -2.19. The molecule has 0 atom stereocenters. The van der Waals surface area contributed by atoms with Gasteiger partial charge in [-0.05, 0) is 53.7 Å². The molecular formula is C18H14N4O4S2. The van der Waals surface area contributed by atoms with Crippen molar-refractivity contribution in [2.45, 2.75) is 11.8 Å². The molecule has 0 saturated carbocycles. The molecule has 3 aromatic rings. The number of benzene rings is 2. The van der Waals surface area contributed by atoms with Gasteiger partial charge in [-0.3, -0.25) is 4.79 Å². The zero-order valence-corrected chi connectivity index (χ0v) is 16.2. The highest BCUT2D eigenvalue weighted by molar-refractivity contribution is 8.18. The van der Waals surface area contributed by atoms with E-state index >= 15 is 0 Å². The second-order valence-electron chi connectivity index (χ2n) is 5.98. The van der Waals surface area contributed by atoms with E-state index < -0.39 is 10.0 Å². The number of hydrogen-bond donors (Lipinski definition) is 2. The highest BCUT2D eigenvalue weighted by Crippen LogP contribution is 2.29. The van der Waals surface area contributed by atoms with Gasteiger partial charge in [-0.15, -0.1) is 0 Å². The number of amidine groups is 1. The van der Waals surface area contributed by atoms with Gasteiger partial charge in [0.25, 0.3) is 5.91 Å². The van der Waals surface area contributed by atoms with E-state index in [0.29, 0.717) is 27.2 Å². The number of thioether (sulfide) groups is 1. The van der Waals surface area contributed by atoms with Crippen molar-refractivity contribution in [1.82, 2.24) is 10.3 Å². The maximum atomic E-state index is 12.2. The standard InChI is InChI=1S/C18H14N4O4S2/c1-10-20-14-6-5-11(7-15(14)26-10)8-16-17(23)22-18(27-16)21-12-3-2-4-13(9-12)28(19,24)25/h2-9H,1H3,(H2,19,24,25)(H,21,22,23)/b16-8-. The summed E-state index contributed by atoms with van der Waals surface area (Å²) in [5.41, 5.74) is 2.55. The van der Waals surface area contributed by atoms with Gasteiger partial charge >= 0.3 is 0 Å². The van der Waals surface area contributed by atoms with Crippen LogP contribution in [0.2, 0.25) is 0 Å². The van der Waals surface area contributed by atoms with Crippen LogP contribution < -0.4 is 10.5 Å². The number of aryl methyl sites for hydroxylation is 1. The number of oxazole rings is 1. The number of nitrogens with zero attached hydrogens (tertiary/aromatic N) is 2. The van der Waals surface area contributed by atoms with Crippen LogP contribution in [0.1, 0.15) is 11.5 Å². The van der Waals surface area contributed by atoms with E-state index in [4.69, 9.17) is 9.56 Å². The van der Waals surface area contributed by atoms with Gasteiger partial charge < -0.3 is 9.73 Å². The maximum absolute atomic E-state index is 12.2. The van der Waals surface area contributed by atoms with Gasteiger partial charge in [-0.1, -0.05) is 12.1 Å². The summed E-state index contributed by atoms with van der Waals surface area (Å²) in [4.78, 5) is 21.2. The number of carbonyl (C=O) groups excluding carboxylic acids is 1. The molecule has 2 heterocycles. The number of nitrogens with one attached hydrogen (secondary N) is 1. The molecule has 28 heavy (non-hydrogen) atoms. The number of fused-ring (bicyclic) bond motifs is 1. The Hall–Kier alpha value is -2.95. The monoisotopic (exact) mass is 414 g/mol. The lowest BCUT2D eigenvalue weighted by molar-refractivity contribution is -0.115. The van der Waals surface area contributed by atoms with Gasteiger partial charge in [0.15, 0.2) is 16.6 Å². The molecule has 1 aliphatic rings. The van der Waals surface area contributed by atoms with Gasteiger partial charge in [-0.25, -0.2) is 23.5 Å². The van der Waals surface area contributed by atoms with Crippen LogP contribution in [-0.2, 0) is 14.8 Å². The molecule has 0 spiro atoms. The van der Waals surface area contributed by atoms with Crippen molar-refractivity contribution in [3.63, 3.8) is 0 Å². The van der Waals surface area contributed by atoms with Crippen LogP contribution in [-0.4, -0.2) is 24.5 Å². The number of aliphatic imine (C=N–C) groups is 1. The van der Waals surface area contributed by atoms with Crippen molar-refractivity contribution in [3.05, 3.63) is 58.8 Å². The SMILES string of the molecule is Cc1nc2ccc(/C=C3\S/C(=N/c4cccc(S(N)(=O)=O)c4)NC3=O)cc2o1. The summed E-state index contributed by atoms with van der Waals surface area (Å²) in [7, 11) is -3.83. The Balaban J connectivity index is 1.61. The first-order chi connectivity index (χ1) is 13.3. The number of carbonyl (C=O) groups is 1. The number of nitrogens with two attached hydrogens (primary N) is 1. The number of hydrogen-bond acceptors (Lipinski definition) is 7. The first-order valence-corrected chi connectivity index (χ1v) is 10.4. The van der Waals surface area contributed by atoms with Crippen LogP contribution >= 0.6 is 11.8 Å². The second kappa shape index (κ2) is 6.89. The van der Waals surface area contributed by atoms with Crippen LogP contribution in [0.15, 0.2) is 61.7 Å². The third-order valence-corrected chi connectivity index (χ3v) is 5.67. The Morgan fingerprint density at radius 2 is 2.07 bits per heavy atom. The summed E-state index contributed by atoms with van der Waals surface area (Å²) in [6, 6.07) is 11.4. The fraction of sp³-hybridized carbons (Fsp3) is 0.0556. The van der Waals surface area contributed by atoms with Crippen molar-refractivity contribution in [1.29, 1.82) is 0 Å². The van der Waals surface area contributed by atoms with Gasteiger partial charge in [0.05, 0.1) is 15.5 Å². The Morgan fingerprint density at radius 1 is 1.25 bits per heavy atom. The normalized spacial score (nSPS) is 17.6. The summed E-state index contributed by atoms with van der Waals surface area (Å²) < 4.78 is 28.4.